The van der Waals surface area contributed by atoms with Crippen molar-refractivity contribution in [3.8, 4) is 0 Å². The van der Waals surface area contributed by atoms with E-state index < -0.39 is 10.2 Å². The maximum Gasteiger partial charge on any atom is 0.269 e. The van der Waals surface area contributed by atoms with Gasteiger partial charge in [-0.25, -0.2) is 4.39 Å². The van der Waals surface area contributed by atoms with Crippen LogP contribution < -0.4 is 10.6 Å². The average Bonchev–Trinajstić information content (AvgIpc) is 2.66. The summed E-state index contributed by atoms with van der Waals surface area (Å²) in [6, 6.07) is 11.3. The van der Waals surface area contributed by atoms with E-state index in [-0.39, 0.29) is 35.6 Å². The molecule has 9 heteroatoms. The SMILES string of the molecule is CC(SCC(=O)Nc1ccc(F)cc1)C(=O)NCc1ccc([N+](=O)[O-])cc1. The first-order valence-corrected chi connectivity index (χ1v) is 9.08. The van der Waals surface area contributed by atoms with Crippen LogP contribution in [0.3, 0.4) is 0 Å². The Balaban J connectivity index is 1.73. The van der Waals surface area contributed by atoms with Gasteiger partial charge < -0.3 is 10.6 Å². The van der Waals surface area contributed by atoms with E-state index in [4.69, 9.17) is 0 Å². The summed E-state index contributed by atoms with van der Waals surface area (Å²) in [5, 5.41) is 15.5. The Kier molecular flexibility index (Phi) is 7.30. The molecule has 0 radical (unpaired) electrons. The van der Waals surface area contributed by atoms with Crippen molar-refractivity contribution < 1.29 is 18.9 Å². The first kappa shape index (κ1) is 20.4. The summed E-state index contributed by atoms with van der Waals surface area (Å²) in [6.45, 7) is 1.92. The van der Waals surface area contributed by atoms with Crippen molar-refractivity contribution in [2.45, 2.75) is 18.7 Å². The molecule has 2 aromatic carbocycles. The normalized spacial score (nSPS) is 11.5. The number of carbonyl (C=O) groups excluding carboxylic acids is 2. The van der Waals surface area contributed by atoms with E-state index in [2.05, 4.69) is 10.6 Å². The summed E-state index contributed by atoms with van der Waals surface area (Å²) in [4.78, 5) is 34.1. The number of benzene rings is 2. The van der Waals surface area contributed by atoms with Crippen LogP contribution in [0.25, 0.3) is 0 Å². The lowest BCUT2D eigenvalue weighted by atomic mass is 10.2. The van der Waals surface area contributed by atoms with E-state index in [1.807, 2.05) is 0 Å². The van der Waals surface area contributed by atoms with Crippen molar-refractivity contribution in [3.63, 3.8) is 0 Å². The largest absolute Gasteiger partial charge is 0.351 e. The van der Waals surface area contributed by atoms with Gasteiger partial charge >= 0.3 is 0 Å². The molecule has 1 atom stereocenters. The van der Waals surface area contributed by atoms with Crippen LogP contribution in [0, 0.1) is 15.9 Å². The standard InChI is InChI=1S/C18H18FN3O4S/c1-12(27-11-17(23)21-15-6-4-14(19)5-7-15)18(24)20-10-13-2-8-16(9-3-13)22(25)26/h2-9,12H,10-11H2,1H3,(H,20,24)(H,21,23). The zero-order valence-corrected chi connectivity index (χ0v) is 15.3. The predicted octanol–water partition coefficient (Wildman–Crippen LogP) is 3.11. The van der Waals surface area contributed by atoms with Gasteiger partial charge in [-0.1, -0.05) is 12.1 Å². The predicted molar refractivity (Wildman–Crippen MR) is 102 cm³/mol. The fourth-order valence-electron chi connectivity index (χ4n) is 2.08. The first-order valence-electron chi connectivity index (χ1n) is 8.03. The van der Waals surface area contributed by atoms with Crippen LogP contribution in [-0.4, -0.2) is 27.7 Å². The summed E-state index contributed by atoms with van der Waals surface area (Å²) in [5.41, 5.74) is 1.21. The summed E-state index contributed by atoms with van der Waals surface area (Å²) in [5.74, 6) is -0.848. The molecule has 2 aromatic rings. The van der Waals surface area contributed by atoms with Gasteiger partial charge in [-0.2, -0.15) is 0 Å². The number of nitrogens with zero attached hydrogens (tertiary/aromatic N) is 1. The van der Waals surface area contributed by atoms with Gasteiger partial charge in [0.25, 0.3) is 5.69 Å². The molecule has 1 unspecified atom stereocenters. The van der Waals surface area contributed by atoms with Crippen LogP contribution in [-0.2, 0) is 16.1 Å². The highest BCUT2D eigenvalue weighted by Crippen LogP contribution is 2.14. The van der Waals surface area contributed by atoms with E-state index in [0.29, 0.717) is 5.69 Å². The summed E-state index contributed by atoms with van der Waals surface area (Å²) >= 11 is 1.17. The summed E-state index contributed by atoms with van der Waals surface area (Å²) in [6.07, 6.45) is 0. The second-order valence-corrected chi connectivity index (χ2v) is 6.98. The average molecular weight is 391 g/mol. The van der Waals surface area contributed by atoms with E-state index in [1.54, 1.807) is 19.1 Å². The van der Waals surface area contributed by atoms with Gasteiger partial charge in [0.1, 0.15) is 5.82 Å². The molecule has 2 N–H and O–H groups in total. The molecule has 27 heavy (non-hydrogen) atoms. The smallest absolute Gasteiger partial charge is 0.269 e. The maximum atomic E-state index is 12.8. The number of nitro benzene ring substituents is 1. The third kappa shape index (κ3) is 6.70. The molecule has 0 saturated heterocycles. The highest BCUT2D eigenvalue weighted by Gasteiger charge is 2.15. The van der Waals surface area contributed by atoms with Crippen LogP contribution in [0.5, 0.6) is 0 Å². The Morgan fingerprint density at radius 1 is 1.15 bits per heavy atom. The Hall–Kier alpha value is -2.94. The molecule has 0 fully saturated rings. The van der Waals surface area contributed by atoms with Gasteiger partial charge in [0, 0.05) is 24.4 Å². The second kappa shape index (κ2) is 9.67. The minimum Gasteiger partial charge on any atom is -0.351 e. The second-order valence-electron chi connectivity index (χ2n) is 5.65. The first-order chi connectivity index (χ1) is 12.8. The molecule has 0 aliphatic carbocycles. The Labute approximate surface area is 159 Å². The Morgan fingerprint density at radius 2 is 1.78 bits per heavy atom. The minimum atomic E-state index is -0.488. The maximum absolute atomic E-state index is 12.8. The topological polar surface area (TPSA) is 101 Å². The van der Waals surface area contributed by atoms with Crippen molar-refractivity contribution in [2.24, 2.45) is 0 Å². The third-order valence-corrected chi connectivity index (χ3v) is 4.72. The van der Waals surface area contributed by atoms with Crippen LogP contribution in [0.2, 0.25) is 0 Å². The van der Waals surface area contributed by atoms with E-state index in [1.165, 1.54) is 48.2 Å². The number of hydrogen-bond acceptors (Lipinski definition) is 5. The fraction of sp³-hybridized carbons (Fsp3) is 0.222. The number of thioether (sulfide) groups is 1. The number of halogens is 1. The number of nitro groups is 1. The molecule has 0 aliphatic rings. The van der Waals surface area contributed by atoms with Crippen molar-refractivity contribution in [1.29, 1.82) is 0 Å². The molecule has 0 spiro atoms. The summed E-state index contributed by atoms with van der Waals surface area (Å²) < 4.78 is 12.8. The lowest BCUT2D eigenvalue weighted by molar-refractivity contribution is -0.384. The lowest BCUT2D eigenvalue weighted by Gasteiger charge is -2.12. The van der Waals surface area contributed by atoms with Crippen molar-refractivity contribution in [2.75, 3.05) is 11.1 Å². The van der Waals surface area contributed by atoms with Gasteiger partial charge in [-0.05, 0) is 36.8 Å². The van der Waals surface area contributed by atoms with E-state index in [9.17, 15) is 24.1 Å². The number of rotatable bonds is 8. The lowest BCUT2D eigenvalue weighted by Crippen LogP contribution is -2.31. The molecule has 0 aromatic heterocycles. The van der Waals surface area contributed by atoms with E-state index >= 15 is 0 Å². The zero-order chi connectivity index (χ0) is 19.8. The molecule has 2 amide bonds. The Morgan fingerprint density at radius 3 is 2.37 bits per heavy atom. The molecule has 7 nitrogen and oxygen atoms in total. The fourth-order valence-corrected chi connectivity index (χ4v) is 2.78. The van der Waals surface area contributed by atoms with Crippen LogP contribution in [0.15, 0.2) is 48.5 Å². The van der Waals surface area contributed by atoms with Gasteiger partial charge in [-0.15, -0.1) is 11.8 Å². The monoisotopic (exact) mass is 391 g/mol. The molecule has 0 aliphatic heterocycles. The minimum absolute atomic E-state index is 0.0128. The highest BCUT2D eigenvalue weighted by molar-refractivity contribution is 8.01. The van der Waals surface area contributed by atoms with Gasteiger partial charge in [0.05, 0.1) is 15.9 Å². The highest BCUT2D eigenvalue weighted by atomic mass is 32.2. The number of amides is 2. The van der Waals surface area contributed by atoms with Crippen LogP contribution >= 0.6 is 11.8 Å². The molecule has 0 heterocycles. The molecule has 0 bridgehead atoms. The van der Waals surface area contributed by atoms with Gasteiger partial charge in [-0.3, -0.25) is 19.7 Å². The molecular formula is C18H18FN3O4S. The molecule has 142 valence electrons. The number of carbonyl (C=O) groups is 2. The third-order valence-electron chi connectivity index (χ3n) is 3.58. The van der Waals surface area contributed by atoms with Crippen molar-refractivity contribution in [1.82, 2.24) is 5.32 Å². The number of nitrogens with one attached hydrogen (secondary N) is 2. The number of anilines is 1. The van der Waals surface area contributed by atoms with Gasteiger partial charge in [0.15, 0.2) is 0 Å². The molecule has 0 saturated carbocycles. The van der Waals surface area contributed by atoms with Crippen molar-refractivity contribution >= 4 is 35.0 Å². The molecule has 2 rings (SSSR count). The quantitative estimate of drug-likeness (QED) is 0.532. The Bertz CT molecular complexity index is 812. The van der Waals surface area contributed by atoms with Crippen LogP contribution in [0.1, 0.15) is 12.5 Å². The van der Waals surface area contributed by atoms with E-state index in [0.717, 1.165) is 5.56 Å². The number of non-ortho nitro benzene ring substituents is 1. The van der Waals surface area contributed by atoms with Crippen LogP contribution in [0.4, 0.5) is 15.8 Å². The molecular weight excluding hydrogens is 373 g/mol. The number of hydrogen-bond donors (Lipinski definition) is 2. The summed E-state index contributed by atoms with van der Waals surface area (Å²) in [7, 11) is 0. The van der Waals surface area contributed by atoms with Gasteiger partial charge in [0.2, 0.25) is 11.8 Å². The van der Waals surface area contributed by atoms with Crippen molar-refractivity contribution in [3.05, 3.63) is 70.0 Å². The zero-order valence-electron chi connectivity index (χ0n) is 14.5.